The van der Waals surface area contributed by atoms with Gasteiger partial charge in [0.05, 0.1) is 0 Å². The summed E-state index contributed by atoms with van der Waals surface area (Å²) in [6, 6.07) is 1.86. The number of amides is 1. The van der Waals surface area contributed by atoms with Crippen LogP contribution in [0.15, 0.2) is 10.6 Å². The molecule has 1 aromatic rings. The van der Waals surface area contributed by atoms with E-state index in [-0.39, 0.29) is 0 Å². The molecule has 0 aliphatic carbocycles. The van der Waals surface area contributed by atoms with Crippen LogP contribution in [-0.2, 0) is 0 Å². The number of nitrogens with two attached hydrogens (primary N) is 1. The van der Waals surface area contributed by atoms with E-state index in [9.17, 15) is 4.79 Å². The molecular weight excluding hydrogens is 371 g/mol. The molecule has 0 aromatic carbocycles. The van der Waals surface area contributed by atoms with Gasteiger partial charge in [0, 0.05) is 0 Å². The van der Waals surface area contributed by atoms with Crippen molar-refractivity contribution >= 4 is 28.1 Å². The van der Waals surface area contributed by atoms with Gasteiger partial charge in [0.25, 0.3) is 0 Å². The number of nitrogens with zero attached hydrogens (tertiary/aromatic N) is 1. The maximum absolute atomic E-state index is 11.3. The zero-order valence-corrected chi connectivity index (χ0v) is 16.6. The van der Waals surface area contributed by atoms with Crippen molar-refractivity contribution in [2.24, 2.45) is 5.73 Å². The number of aromatic nitrogens is 1. The average Bonchev–Trinajstić information content (AvgIpc) is 2.97. The molecule has 1 amide bonds. The molecule has 0 aliphatic heterocycles. The number of rotatable bonds is 11. The summed E-state index contributed by atoms with van der Waals surface area (Å²) in [7, 11) is 0. The summed E-state index contributed by atoms with van der Waals surface area (Å²) in [5.41, 5.74) is 5.63. The third-order valence-corrected chi connectivity index (χ3v) is 19.2. The molecule has 4 nitrogen and oxygen atoms in total. The first-order chi connectivity index (χ1) is 10.1. The fraction of sp³-hybridized carbons (Fsp3) is 0.750. The first kappa shape index (κ1) is 18.5. The van der Waals surface area contributed by atoms with E-state index in [1.807, 2.05) is 6.07 Å². The summed E-state index contributed by atoms with van der Waals surface area (Å²) >= 11 is -2.57. The molecule has 0 aliphatic rings. The van der Waals surface area contributed by atoms with E-state index < -0.39 is 24.3 Å². The Hall–Kier alpha value is -0.521. The molecule has 1 rings (SSSR count). The molecule has 5 heteroatoms. The second kappa shape index (κ2) is 9.49. The van der Waals surface area contributed by atoms with E-state index in [0.717, 1.165) is 3.78 Å². The standard InChI is InChI=1S/C4H3N2O2.3C4H9.Sn/c5-4(7)3-1-2-8-6-3;3*1-3-4-2;/h1H,(H2,5,7);3*1,3-4H2,2H3;. The number of carbonyl (C=O) groups is 1. The Morgan fingerprint density at radius 3 is 1.90 bits per heavy atom. The van der Waals surface area contributed by atoms with Crippen LogP contribution in [0.25, 0.3) is 0 Å². The maximum atomic E-state index is 11.3. The number of hydrogen-bond donors (Lipinski definition) is 1. The van der Waals surface area contributed by atoms with Crippen LogP contribution < -0.4 is 9.51 Å². The molecule has 0 spiro atoms. The van der Waals surface area contributed by atoms with Gasteiger partial charge in [0.15, 0.2) is 0 Å². The van der Waals surface area contributed by atoms with Crippen LogP contribution in [0.4, 0.5) is 0 Å². The summed E-state index contributed by atoms with van der Waals surface area (Å²) in [6.07, 6.45) is 7.43. The van der Waals surface area contributed by atoms with Crippen LogP contribution in [0.1, 0.15) is 69.8 Å². The van der Waals surface area contributed by atoms with Crippen molar-refractivity contribution in [2.75, 3.05) is 0 Å². The van der Waals surface area contributed by atoms with Gasteiger partial charge in [0.2, 0.25) is 0 Å². The Morgan fingerprint density at radius 2 is 1.57 bits per heavy atom. The SMILES string of the molecule is CCC[CH2][Sn]([CH2]CCC)([CH2]CCC)[c]1cc(C(N)=O)no1. The molecule has 0 fully saturated rings. The molecule has 0 radical (unpaired) electrons. The first-order valence-electron chi connectivity index (χ1n) is 8.36. The van der Waals surface area contributed by atoms with Gasteiger partial charge in [-0.2, -0.15) is 0 Å². The van der Waals surface area contributed by atoms with Gasteiger partial charge < -0.3 is 0 Å². The first-order valence-corrected chi connectivity index (χ1v) is 15.8. The zero-order valence-electron chi connectivity index (χ0n) is 13.8. The Labute approximate surface area is 132 Å². The van der Waals surface area contributed by atoms with Crippen LogP contribution >= 0.6 is 0 Å². The predicted molar refractivity (Wildman–Crippen MR) is 89.6 cm³/mol. The molecular formula is C16H30N2O2Sn. The second-order valence-electron chi connectivity index (χ2n) is 6.03. The summed E-state index contributed by atoms with van der Waals surface area (Å²) in [5, 5.41) is 3.91. The van der Waals surface area contributed by atoms with E-state index in [0.29, 0.717) is 5.69 Å². The van der Waals surface area contributed by atoms with Crippen molar-refractivity contribution in [3.8, 4) is 0 Å². The number of carbonyl (C=O) groups excluding carboxylic acids is 1. The van der Waals surface area contributed by atoms with Crippen LogP contribution in [0.3, 0.4) is 0 Å². The molecule has 0 atom stereocenters. The predicted octanol–water partition coefficient (Wildman–Crippen LogP) is 3.83. The van der Waals surface area contributed by atoms with Gasteiger partial charge in [-0.05, 0) is 0 Å². The zero-order chi connectivity index (χ0) is 15.7. The third-order valence-electron chi connectivity index (χ3n) is 4.31. The van der Waals surface area contributed by atoms with Gasteiger partial charge in [-0.25, -0.2) is 0 Å². The topological polar surface area (TPSA) is 69.1 Å². The minimum atomic E-state index is -2.57. The number of unbranched alkanes of at least 4 members (excludes halogenated alkanes) is 3. The molecule has 21 heavy (non-hydrogen) atoms. The monoisotopic (exact) mass is 402 g/mol. The molecule has 120 valence electrons. The van der Waals surface area contributed by atoms with E-state index in [4.69, 9.17) is 10.3 Å². The second-order valence-corrected chi connectivity index (χ2v) is 19.0. The molecule has 1 heterocycles. The summed E-state index contributed by atoms with van der Waals surface area (Å²) in [4.78, 5) is 11.3. The third kappa shape index (κ3) is 5.31. The summed E-state index contributed by atoms with van der Waals surface area (Å²) < 4.78 is 10.6. The fourth-order valence-corrected chi connectivity index (χ4v) is 18.0. The molecule has 0 saturated carbocycles. The molecule has 2 N–H and O–H groups in total. The van der Waals surface area contributed by atoms with Crippen LogP contribution in [0.2, 0.25) is 13.3 Å². The van der Waals surface area contributed by atoms with Crippen molar-refractivity contribution < 1.29 is 9.32 Å². The summed E-state index contributed by atoms with van der Waals surface area (Å²) in [5.74, 6) is -0.480. The van der Waals surface area contributed by atoms with Crippen LogP contribution in [0, 0.1) is 0 Å². The fourth-order valence-electron chi connectivity index (χ4n) is 2.93. The molecule has 1 aromatic heterocycles. The van der Waals surface area contributed by atoms with E-state index in [1.165, 1.54) is 51.8 Å². The number of primary amides is 1. The van der Waals surface area contributed by atoms with Crippen molar-refractivity contribution in [1.82, 2.24) is 5.16 Å². The van der Waals surface area contributed by atoms with E-state index >= 15 is 0 Å². The van der Waals surface area contributed by atoms with Crippen molar-refractivity contribution in [3.05, 3.63) is 11.8 Å². The Balaban J connectivity index is 3.06. The van der Waals surface area contributed by atoms with Gasteiger partial charge >= 0.3 is 133 Å². The van der Waals surface area contributed by atoms with Crippen molar-refractivity contribution in [2.45, 2.75) is 72.6 Å². The van der Waals surface area contributed by atoms with E-state index in [1.54, 1.807) is 0 Å². The summed E-state index contributed by atoms with van der Waals surface area (Å²) in [6.45, 7) is 6.72. The number of hydrogen-bond acceptors (Lipinski definition) is 3. The van der Waals surface area contributed by atoms with Crippen LogP contribution in [0.5, 0.6) is 0 Å². The van der Waals surface area contributed by atoms with Gasteiger partial charge in [-0.1, -0.05) is 0 Å². The molecule has 0 saturated heterocycles. The normalized spacial score (nSPS) is 11.8. The average molecular weight is 401 g/mol. The Morgan fingerprint density at radius 1 is 1.10 bits per heavy atom. The van der Waals surface area contributed by atoms with E-state index in [2.05, 4.69) is 25.9 Å². The van der Waals surface area contributed by atoms with Crippen molar-refractivity contribution in [1.29, 1.82) is 0 Å². The van der Waals surface area contributed by atoms with Crippen LogP contribution in [-0.4, -0.2) is 29.4 Å². The van der Waals surface area contributed by atoms with Crippen molar-refractivity contribution in [3.63, 3.8) is 0 Å². The Bertz CT molecular complexity index is 410. The quantitative estimate of drug-likeness (QED) is 0.573. The minimum absolute atomic E-state index is 0.301. The van der Waals surface area contributed by atoms with Gasteiger partial charge in [-0.3, -0.25) is 0 Å². The Kier molecular flexibility index (Phi) is 8.37. The molecule has 0 unspecified atom stereocenters. The van der Waals surface area contributed by atoms with Gasteiger partial charge in [0.1, 0.15) is 0 Å². The molecule has 0 bridgehead atoms. The van der Waals surface area contributed by atoms with Gasteiger partial charge in [-0.15, -0.1) is 0 Å².